The summed E-state index contributed by atoms with van der Waals surface area (Å²) in [6, 6.07) is 9.86. The fourth-order valence-electron chi connectivity index (χ4n) is 1.71. The Labute approximate surface area is 103 Å². The highest BCUT2D eigenvalue weighted by atomic mass is 19.4. The summed E-state index contributed by atoms with van der Waals surface area (Å²) in [5, 5.41) is 9.39. The van der Waals surface area contributed by atoms with Gasteiger partial charge in [0.05, 0.1) is 5.56 Å². The topological polar surface area (TPSA) is 20.2 Å². The molecule has 0 aromatic heterocycles. The zero-order valence-electron chi connectivity index (χ0n) is 9.62. The minimum atomic E-state index is -4.35. The molecule has 0 aliphatic heterocycles. The van der Waals surface area contributed by atoms with E-state index in [1.54, 1.807) is 25.1 Å². The van der Waals surface area contributed by atoms with Crippen LogP contribution in [0.3, 0.4) is 0 Å². The molecular weight excluding hydrogens is 241 g/mol. The predicted octanol–water partition coefficient (Wildman–Crippen LogP) is 4.39. The van der Waals surface area contributed by atoms with Crippen molar-refractivity contribution in [1.82, 2.24) is 0 Å². The van der Waals surface area contributed by atoms with Gasteiger partial charge in [-0.05, 0) is 47.9 Å². The summed E-state index contributed by atoms with van der Waals surface area (Å²) in [5.41, 5.74) is 1.08. The third-order valence-corrected chi connectivity index (χ3v) is 2.72. The van der Waals surface area contributed by atoms with Gasteiger partial charge in [0.25, 0.3) is 0 Å². The van der Waals surface area contributed by atoms with Gasteiger partial charge >= 0.3 is 6.18 Å². The molecule has 0 saturated carbocycles. The lowest BCUT2D eigenvalue weighted by atomic mass is 10.0. The van der Waals surface area contributed by atoms with Gasteiger partial charge < -0.3 is 5.11 Å². The third-order valence-electron chi connectivity index (χ3n) is 2.72. The van der Waals surface area contributed by atoms with E-state index in [-0.39, 0.29) is 5.75 Å². The van der Waals surface area contributed by atoms with Gasteiger partial charge in [-0.3, -0.25) is 0 Å². The summed E-state index contributed by atoms with van der Waals surface area (Å²) in [6.45, 7) is 1.70. The lowest BCUT2D eigenvalue weighted by molar-refractivity contribution is -0.137. The molecule has 2 rings (SSSR count). The van der Waals surface area contributed by atoms with Crippen LogP contribution in [-0.2, 0) is 6.18 Å². The molecular formula is C14H11F3O. The SMILES string of the molecule is Cc1cc(-c2cccc(C(F)(F)F)c2)ccc1O. The molecule has 18 heavy (non-hydrogen) atoms. The van der Waals surface area contributed by atoms with Crippen molar-refractivity contribution in [1.29, 1.82) is 0 Å². The van der Waals surface area contributed by atoms with Gasteiger partial charge in [0.15, 0.2) is 0 Å². The number of rotatable bonds is 1. The third kappa shape index (κ3) is 2.47. The molecule has 0 saturated heterocycles. The zero-order chi connectivity index (χ0) is 13.3. The maximum Gasteiger partial charge on any atom is 0.416 e. The molecule has 1 nitrogen and oxygen atoms in total. The fourth-order valence-corrected chi connectivity index (χ4v) is 1.71. The summed E-state index contributed by atoms with van der Waals surface area (Å²) in [7, 11) is 0. The number of hydrogen-bond donors (Lipinski definition) is 1. The van der Waals surface area contributed by atoms with E-state index in [9.17, 15) is 18.3 Å². The fraction of sp³-hybridized carbons (Fsp3) is 0.143. The van der Waals surface area contributed by atoms with Crippen LogP contribution in [0.15, 0.2) is 42.5 Å². The second-order valence-electron chi connectivity index (χ2n) is 4.08. The van der Waals surface area contributed by atoms with Gasteiger partial charge in [-0.1, -0.05) is 18.2 Å². The van der Waals surface area contributed by atoms with Crippen molar-refractivity contribution >= 4 is 0 Å². The molecule has 0 spiro atoms. The van der Waals surface area contributed by atoms with Crippen LogP contribution in [0.25, 0.3) is 11.1 Å². The van der Waals surface area contributed by atoms with Crippen molar-refractivity contribution in [3.8, 4) is 16.9 Å². The van der Waals surface area contributed by atoms with Crippen LogP contribution in [0.1, 0.15) is 11.1 Å². The first kappa shape index (κ1) is 12.5. The largest absolute Gasteiger partial charge is 0.508 e. The highest BCUT2D eigenvalue weighted by molar-refractivity contribution is 5.66. The Balaban J connectivity index is 2.48. The van der Waals surface area contributed by atoms with Crippen LogP contribution in [0.2, 0.25) is 0 Å². The van der Waals surface area contributed by atoms with E-state index >= 15 is 0 Å². The maximum absolute atomic E-state index is 12.6. The van der Waals surface area contributed by atoms with Gasteiger partial charge in [-0.2, -0.15) is 13.2 Å². The number of phenols is 1. The summed E-state index contributed by atoms with van der Waals surface area (Å²) >= 11 is 0. The first-order valence-electron chi connectivity index (χ1n) is 5.35. The number of phenolic OH excluding ortho intramolecular Hbond substituents is 1. The molecule has 0 aliphatic carbocycles. The van der Waals surface area contributed by atoms with Crippen molar-refractivity contribution in [2.24, 2.45) is 0 Å². The van der Waals surface area contributed by atoms with Gasteiger partial charge in [0.2, 0.25) is 0 Å². The first-order chi connectivity index (χ1) is 8.38. The summed E-state index contributed by atoms with van der Waals surface area (Å²) in [6.07, 6.45) is -4.35. The summed E-state index contributed by atoms with van der Waals surface area (Å²) in [4.78, 5) is 0. The Morgan fingerprint density at radius 1 is 0.944 bits per heavy atom. The van der Waals surface area contributed by atoms with Crippen LogP contribution < -0.4 is 0 Å². The average Bonchev–Trinajstić information content (AvgIpc) is 2.32. The number of aryl methyl sites for hydroxylation is 1. The quantitative estimate of drug-likeness (QED) is 0.798. The molecule has 0 heterocycles. The van der Waals surface area contributed by atoms with Gasteiger partial charge in [-0.25, -0.2) is 0 Å². The Morgan fingerprint density at radius 3 is 2.22 bits per heavy atom. The van der Waals surface area contributed by atoms with Gasteiger partial charge in [0.1, 0.15) is 5.75 Å². The van der Waals surface area contributed by atoms with Crippen LogP contribution in [0.4, 0.5) is 13.2 Å². The first-order valence-corrected chi connectivity index (χ1v) is 5.35. The average molecular weight is 252 g/mol. The molecule has 0 amide bonds. The Bertz CT molecular complexity index is 573. The number of aromatic hydroxyl groups is 1. The van der Waals surface area contributed by atoms with Crippen molar-refractivity contribution in [3.05, 3.63) is 53.6 Å². The second kappa shape index (κ2) is 4.37. The molecule has 1 N–H and O–H groups in total. The Morgan fingerprint density at radius 2 is 1.61 bits per heavy atom. The zero-order valence-corrected chi connectivity index (χ0v) is 9.62. The smallest absolute Gasteiger partial charge is 0.416 e. The van der Waals surface area contributed by atoms with Crippen molar-refractivity contribution in [2.45, 2.75) is 13.1 Å². The van der Waals surface area contributed by atoms with E-state index in [0.29, 0.717) is 16.7 Å². The van der Waals surface area contributed by atoms with E-state index in [4.69, 9.17) is 0 Å². The standard InChI is InChI=1S/C14H11F3O/c1-9-7-11(5-6-13(9)18)10-3-2-4-12(8-10)14(15,16)17/h2-8,18H,1H3. The van der Waals surface area contributed by atoms with Crippen molar-refractivity contribution in [2.75, 3.05) is 0 Å². The van der Waals surface area contributed by atoms with Crippen molar-refractivity contribution < 1.29 is 18.3 Å². The molecule has 0 fully saturated rings. The van der Waals surface area contributed by atoms with Crippen molar-refractivity contribution in [3.63, 3.8) is 0 Å². The van der Waals surface area contributed by atoms with E-state index < -0.39 is 11.7 Å². The highest BCUT2D eigenvalue weighted by Gasteiger charge is 2.30. The molecule has 2 aromatic rings. The summed E-state index contributed by atoms with van der Waals surface area (Å²) in [5.74, 6) is 0.130. The maximum atomic E-state index is 12.6. The Kier molecular flexibility index (Phi) is 3.03. The Hall–Kier alpha value is -1.97. The highest BCUT2D eigenvalue weighted by Crippen LogP contribution is 2.33. The lowest BCUT2D eigenvalue weighted by Gasteiger charge is -2.09. The molecule has 0 atom stereocenters. The van der Waals surface area contributed by atoms with E-state index in [1.807, 2.05) is 0 Å². The van der Waals surface area contributed by atoms with E-state index in [0.717, 1.165) is 12.1 Å². The van der Waals surface area contributed by atoms with Crippen LogP contribution in [0, 0.1) is 6.92 Å². The molecule has 0 unspecified atom stereocenters. The molecule has 94 valence electrons. The van der Waals surface area contributed by atoms with Crippen LogP contribution >= 0.6 is 0 Å². The molecule has 2 aromatic carbocycles. The van der Waals surface area contributed by atoms with Gasteiger partial charge in [0, 0.05) is 0 Å². The van der Waals surface area contributed by atoms with E-state index in [2.05, 4.69) is 0 Å². The summed E-state index contributed by atoms with van der Waals surface area (Å²) < 4.78 is 37.8. The predicted molar refractivity (Wildman–Crippen MR) is 63.3 cm³/mol. The number of hydrogen-bond acceptors (Lipinski definition) is 1. The minimum absolute atomic E-state index is 0.130. The van der Waals surface area contributed by atoms with Crippen LogP contribution in [-0.4, -0.2) is 5.11 Å². The molecule has 0 bridgehead atoms. The molecule has 0 radical (unpaired) electrons. The lowest BCUT2D eigenvalue weighted by Crippen LogP contribution is -2.04. The number of alkyl halides is 3. The minimum Gasteiger partial charge on any atom is -0.508 e. The molecule has 4 heteroatoms. The second-order valence-corrected chi connectivity index (χ2v) is 4.08. The van der Waals surface area contributed by atoms with E-state index in [1.165, 1.54) is 12.1 Å². The van der Waals surface area contributed by atoms with Crippen LogP contribution in [0.5, 0.6) is 5.75 Å². The normalized spacial score (nSPS) is 11.6. The number of halogens is 3. The molecule has 0 aliphatic rings. The number of benzene rings is 2. The van der Waals surface area contributed by atoms with Gasteiger partial charge in [-0.15, -0.1) is 0 Å². The monoisotopic (exact) mass is 252 g/mol.